The van der Waals surface area contributed by atoms with Crippen molar-refractivity contribution in [2.24, 2.45) is 23.7 Å². The van der Waals surface area contributed by atoms with Crippen LogP contribution in [0.3, 0.4) is 0 Å². The highest BCUT2D eigenvalue weighted by Gasteiger charge is 2.59. The summed E-state index contributed by atoms with van der Waals surface area (Å²) in [5, 5.41) is 9.45. The Balaban J connectivity index is 2.08. The topological polar surface area (TPSA) is 57.6 Å². The molecule has 1 N–H and O–H groups in total. The Morgan fingerprint density at radius 2 is 1.62 bits per heavy atom. The lowest BCUT2D eigenvalue weighted by Gasteiger charge is -2.13. The van der Waals surface area contributed by atoms with Gasteiger partial charge in [-0.05, 0) is 18.3 Å². The van der Waals surface area contributed by atoms with E-state index in [-0.39, 0.29) is 23.7 Å². The Bertz CT molecular complexity index is 306. The molecule has 0 radical (unpaired) electrons. The Morgan fingerprint density at radius 3 is 2.08 bits per heavy atom. The van der Waals surface area contributed by atoms with Crippen LogP contribution >= 0.6 is 0 Å². The molecular weight excluding hydrogens is 170 g/mol. The molecule has 0 unspecified atom stereocenters. The minimum atomic E-state index is -0.410. The van der Waals surface area contributed by atoms with Crippen LogP contribution in [-0.2, 0) is 9.59 Å². The quantitative estimate of drug-likeness (QED) is 0.328. The van der Waals surface area contributed by atoms with Gasteiger partial charge in [0.2, 0.25) is 0 Å². The lowest BCUT2D eigenvalue weighted by molar-refractivity contribution is -0.173. The number of allylic oxidation sites excluding steroid dienone is 2. The molecule has 2 aliphatic carbocycles. The molecule has 2 bridgehead atoms. The molecular formula is C9H9NO3. The van der Waals surface area contributed by atoms with Crippen molar-refractivity contribution in [3.05, 3.63) is 12.2 Å². The van der Waals surface area contributed by atoms with Gasteiger partial charge in [0.15, 0.2) is 0 Å². The van der Waals surface area contributed by atoms with Crippen LogP contribution in [0.25, 0.3) is 0 Å². The zero-order valence-electron chi connectivity index (χ0n) is 6.88. The van der Waals surface area contributed by atoms with E-state index in [1.807, 2.05) is 12.2 Å². The lowest BCUT2D eigenvalue weighted by Crippen LogP contribution is -2.29. The largest absolute Gasteiger partial charge is 0.278 e. The Hall–Kier alpha value is -1.16. The van der Waals surface area contributed by atoms with Gasteiger partial charge in [0.05, 0.1) is 11.8 Å². The van der Waals surface area contributed by atoms with Crippen molar-refractivity contribution in [3.8, 4) is 0 Å². The molecule has 0 aromatic rings. The monoisotopic (exact) mass is 179 g/mol. The number of imide groups is 1. The fourth-order valence-corrected chi connectivity index (χ4v) is 2.89. The SMILES string of the molecule is O=C1[C@@H]2[C@H](C(=O)N1O)[C@H]1C=C[C@H]2C1. The Kier molecular flexibility index (Phi) is 1.12. The Labute approximate surface area is 74.8 Å². The summed E-state index contributed by atoms with van der Waals surface area (Å²) in [6.07, 6.45) is 4.90. The fraction of sp³-hybridized carbons (Fsp3) is 0.556. The zero-order chi connectivity index (χ0) is 9.16. The molecule has 1 saturated carbocycles. The maximum Gasteiger partial charge on any atom is 0.257 e. The van der Waals surface area contributed by atoms with E-state index in [0.717, 1.165) is 6.42 Å². The van der Waals surface area contributed by atoms with Gasteiger partial charge in [-0.15, -0.1) is 0 Å². The second kappa shape index (κ2) is 2.01. The predicted octanol–water partition coefficient (Wildman–Crippen LogP) is 0.183. The number of carbonyl (C=O) groups is 2. The molecule has 0 aromatic heterocycles. The molecule has 4 heteroatoms. The van der Waals surface area contributed by atoms with Gasteiger partial charge in [0.1, 0.15) is 0 Å². The van der Waals surface area contributed by atoms with Crippen LogP contribution < -0.4 is 0 Å². The molecule has 0 spiro atoms. The summed E-state index contributed by atoms with van der Waals surface area (Å²) < 4.78 is 0. The first-order valence-electron chi connectivity index (χ1n) is 4.45. The van der Waals surface area contributed by atoms with Crippen molar-refractivity contribution in [1.29, 1.82) is 0 Å². The van der Waals surface area contributed by atoms with Gasteiger partial charge in [-0.25, -0.2) is 0 Å². The van der Waals surface area contributed by atoms with E-state index in [9.17, 15) is 9.59 Å². The third kappa shape index (κ3) is 0.659. The maximum atomic E-state index is 11.4. The van der Waals surface area contributed by atoms with Crippen LogP contribution in [0.2, 0.25) is 0 Å². The van der Waals surface area contributed by atoms with Gasteiger partial charge in [0, 0.05) is 0 Å². The van der Waals surface area contributed by atoms with Crippen molar-refractivity contribution in [3.63, 3.8) is 0 Å². The van der Waals surface area contributed by atoms with Crippen molar-refractivity contribution >= 4 is 11.8 Å². The molecule has 13 heavy (non-hydrogen) atoms. The van der Waals surface area contributed by atoms with Crippen molar-refractivity contribution in [1.82, 2.24) is 5.06 Å². The third-order valence-corrected chi connectivity index (χ3v) is 3.45. The molecule has 3 rings (SSSR count). The third-order valence-electron chi connectivity index (χ3n) is 3.45. The number of nitrogens with zero attached hydrogens (tertiary/aromatic N) is 1. The first-order chi connectivity index (χ1) is 6.20. The molecule has 4 atom stereocenters. The standard InChI is InChI=1S/C9H9NO3/c11-8-6-4-1-2-5(3-4)7(6)9(12)10(8)13/h1-2,4-7,13H,3H2/t4-,5-,6-,7+/m0/s1. The molecule has 3 aliphatic rings. The highest BCUT2D eigenvalue weighted by Crippen LogP contribution is 2.51. The van der Waals surface area contributed by atoms with E-state index in [1.165, 1.54) is 0 Å². The molecule has 0 aromatic carbocycles. The summed E-state index contributed by atoms with van der Waals surface area (Å²) in [5.74, 6) is -0.995. The predicted molar refractivity (Wildman–Crippen MR) is 41.4 cm³/mol. The summed E-state index contributed by atoms with van der Waals surface area (Å²) in [6.45, 7) is 0. The Morgan fingerprint density at radius 1 is 1.15 bits per heavy atom. The van der Waals surface area contributed by atoms with E-state index < -0.39 is 11.8 Å². The summed E-state index contributed by atoms with van der Waals surface area (Å²) in [6, 6.07) is 0. The van der Waals surface area contributed by atoms with Gasteiger partial charge in [0.25, 0.3) is 11.8 Å². The highest BCUT2D eigenvalue weighted by molar-refractivity contribution is 6.05. The summed E-state index contributed by atoms with van der Waals surface area (Å²) in [4.78, 5) is 22.8. The van der Waals surface area contributed by atoms with Crippen LogP contribution in [0.5, 0.6) is 0 Å². The summed E-state index contributed by atoms with van der Waals surface area (Å²) in [7, 11) is 0. The van der Waals surface area contributed by atoms with Crippen LogP contribution in [0.1, 0.15) is 6.42 Å². The normalized spacial score (nSPS) is 46.4. The number of rotatable bonds is 0. The lowest BCUT2D eigenvalue weighted by atomic mass is 9.85. The smallest absolute Gasteiger partial charge is 0.257 e. The van der Waals surface area contributed by atoms with Crippen LogP contribution in [0.4, 0.5) is 0 Å². The highest BCUT2D eigenvalue weighted by atomic mass is 16.5. The average molecular weight is 179 g/mol. The molecule has 1 heterocycles. The molecule has 2 fully saturated rings. The van der Waals surface area contributed by atoms with Gasteiger partial charge in [-0.3, -0.25) is 14.8 Å². The minimum absolute atomic E-state index is 0.184. The number of hydroxylamine groups is 2. The van der Waals surface area contributed by atoms with Crippen molar-refractivity contribution in [2.75, 3.05) is 0 Å². The number of fused-ring (bicyclic) bond motifs is 5. The van der Waals surface area contributed by atoms with Crippen molar-refractivity contribution in [2.45, 2.75) is 6.42 Å². The van der Waals surface area contributed by atoms with Gasteiger partial charge >= 0.3 is 0 Å². The van der Waals surface area contributed by atoms with E-state index in [4.69, 9.17) is 5.21 Å². The number of carbonyl (C=O) groups excluding carboxylic acids is 2. The van der Waals surface area contributed by atoms with E-state index in [1.54, 1.807) is 0 Å². The van der Waals surface area contributed by atoms with Crippen LogP contribution in [-0.4, -0.2) is 22.1 Å². The first-order valence-corrected chi connectivity index (χ1v) is 4.45. The molecule has 1 saturated heterocycles. The van der Waals surface area contributed by atoms with E-state index >= 15 is 0 Å². The fourth-order valence-electron chi connectivity index (χ4n) is 2.89. The maximum absolute atomic E-state index is 11.4. The summed E-state index contributed by atoms with van der Waals surface area (Å²) >= 11 is 0. The van der Waals surface area contributed by atoms with Crippen molar-refractivity contribution < 1.29 is 14.8 Å². The first kappa shape index (κ1) is 7.26. The second-order valence-electron chi connectivity index (χ2n) is 3.99. The average Bonchev–Trinajstić information content (AvgIpc) is 2.76. The summed E-state index contributed by atoms with van der Waals surface area (Å²) in [5.41, 5.74) is 0. The van der Waals surface area contributed by atoms with Gasteiger partial charge < -0.3 is 0 Å². The minimum Gasteiger partial charge on any atom is -0.278 e. The molecule has 2 amide bonds. The van der Waals surface area contributed by atoms with Crippen LogP contribution in [0, 0.1) is 23.7 Å². The molecule has 68 valence electrons. The van der Waals surface area contributed by atoms with Gasteiger partial charge in [-0.2, -0.15) is 5.06 Å². The van der Waals surface area contributed by atoms with Crippen LogP contribution in [0.15, 0.2) is 12.2 Å². The number of hydrogen-bond acceptors (Lipinski definition) is 3. The molecule has 1 aliphatic heterocycles. The van der Waals surface area contributed by atoms with E-state index in [0.29, 0.717) is 5.06 Å². The van der Waals surface area contributed by atoms with E-state index in [2.05, 4.69) is 0 Å². The zero-order valence-corrected chi connectivity index (χ0v) is 6.88. The molecule has 4 nitrogen and oxygen atoms in total. The van der Waals surface area contributed by atoms with Gasteiger partial charge in [-0.1, -0.05) is 12.2 Å². The number of hydrogen-bond donors (Lipinski definition) is 1. The number of amides is 2. The second-order valence-corrected chi connectivity index (χ2v) is 3.99.